The lowest BCUT2D eigenvalue weighted by molar-refractivity contribution is 0.0264. The van der Waals surface area contributed by atoms with Gasteiger partial charge in [0.15, 0.2) is 0 Å². The van der Waals surface area contributed by atoms with Crippen molar-refractivity contribution in [3.05, 3.63) is 23.8 Å². The Balaban J connectivity index is 1.70. The number of likely N-dealkylation sites (tertiary alicyclic amines) is 1. The van der Waals surface area contributed by atoms with E-state index in [0.29, 0.717) is 30.2 Å². The van der Waals surface area contributed by atoms with Gasteiger partial charge in [-0.05, 0) is 18.1 Å². The lowest BCUT2D eigenvalue weighted by atomic mass is 9.96. The summed E-state index contributed by atoms with van der Waals surface area (Å²) < 4.78 is 16.0. The second-order valence-electron chi connectivity index (χ2n) is 6.89. The monoisotopic (exact) mass is 364 g/mol. The van der Waals surface area contributed by atoms with Crippen LogP contribution < -0.4 is 9.47 Å². The van der Waals surface area contributed by atoms with Crippen molar-refractivity contribution in [3.63, 3.8) is 0 Å². The topological polar surface area (TPSA) is 71.5 Å². The van der Waals surface area contributed by atoms with Gasteiger partial charge in [-0.3, -0.25) is 9.69 Å². The highest BCUT2D eigenvalue weighted by Gasteiger charge is 2.37. The van der Waals surface area contributed by atoms with E-state index in [9.17, 15) is 9.90 Å². The number of amides is 1. The maximum atomic E-state index is 13.0. The molecule has 1 amide bonds. The molecule has 7 nitrogen and oxygen atoms in total. The Labute approximate surface area is 154 Å². The van der Waals surface area contributed by atoms with Crippen LogP contribution in [0.15, 0.2) is 18.2 Å². The van der Waals surface area contributed by atoms with Gasteiger partial charge in [-0.2, -0.15) is 0 Å². The van der Waals surface area contributed by atoms with Crippen molar-refractivity contribution in [1.29, 1.82) is 0 Å². The lowest BCUT2D eigenvalue weighted by Crippen LogP contribution is -2.41. The summed E-state index contributed by atoms with van der Waals surface area (Å²) in [6, 6.07) is 5.22. The van der Waals surface area contributed by atoms with Crippen molar-refractivity contribution in [2.24, 2.45) is 11.8 Å². The molecule has 2 aliphatic rings. The van der Waals surface area contributed by atoms with Crippen LogP contribution in [0.1, 0.15) is 10.4 Å². The van der Waals surface area contributed by atoms with Crippen LogP contribution in [0.25, 0.3) is 0 Å². The first-order chi connectivity index (χ1) is 12.7. The van der Waals surface area contributed by atoms with E-state index >= 15 is 0 Å². The predicted octanol–water partition coefficient (Wildman–Crippen LogP) is 0.717. The number of methoxy groups -OCH3 is 2. The second kappa shape index (κ2) is 8.70. The van der Waals surface area contributed by atoms with Crippen LogP contribution in [0, 0.1) is 11.8 Å². The number of hydrogen-bond donors (Lipinski definition) is 1. The summed E-state index contributed by atoms with van der Waals surface area (Å²) in [4.78, 5) is 17.2. The van der Waals surface area contributed by atoms with Gasteiger partial charge < -0.3 is 24.2 Å². The number of hydrogen-bond acceptors (Lipinski definition) is 6. The van der Waals surface area contributed by atoms with Crippen LogP contribution in [0.4, 0.5) is 0 Å². The van der Waals surface area contributed by atoms with Gasteiger partial charge in [-0.25, -0.2) is 0 Å². The molecule has 0 spiro atoms. The van der Waals surface area contributed by atoms with Gasteiger partial charge in [0.1, 0.15) is 11.5 Å². The van der Waals surface area contributed by atoms with Crippen LogP contribution in [0.3, 0.4) is 0 Å². The Hall–Kier alpha value is -1.83. The first-order valence-corrected chi connectivity index (χ1v) is 9.08. The zero-order valence-corrected chi connectivity index (χ0v) is 15.5. The van der Waals surface area contributed by atoms with Crippen molar-refractivity contribution in [3.8, 4) is 11.5 Å². The maximum Gasteiger partial charge on any atom is 0.257 e. The summed E-state index contributed by atoms with van der Waals surface area (Å²) in [5, 5.41) is 9.78. The van der Waals surface area contributed by atoms with Crippen molar-refractivity contribution >= 4 is 5.91 Å². The molecule has 0 saturated carbocycles. The van der Waals surface area contributed by atoms with Crippen molar-refractivity contribution in [2.45, 2.75) is 0 Å². The zero-order chi connectivity index (χ0) is 18.5. The molecule has 2 fully saturated rings. The van der Waals surface area contributed by atoms with E-state index in [1.807, 2.05) is 4.90 Å². The van der Waals surface area contributed by atoms with Crippen LogP contribution in [-0.2, 0) is 4.74 Å². The highest BCUT2D eigenvalue weighted by molar-refractivity contribution is 5.97. The van der Waals surface area contributed by atoms with Crippen molar-refractivity contribution < 1.29 is 24.1 Å². The molecule has 3 rings (SSSR count). The molecule has 1 aromatic carbocycles. The van der Waals surface area contributed by atoms with Crippen LogP contribution in [-0.4, -0.2) is 87.6 Å². The molecule has 0 bridgehead atoms. The van der Waals surface area contributed by atoms with Gasteiger partial charge in [0.25, 0.3) is 5.91 Å². The summed E-state index contributed by atoms with van der Waals surface area (Å²) in [5.41, 5.74) is 0.525. The van der Waals surface area contributed by atoms with E-state index in [4.69, 9.17) is 14.2 Å². The van der Waals surface area contributed by atoms with Crippen molar-refractivity contribution in [1.82, 2.24) is 9.80 Å². The molecule has 2 atom stereocenters. The number of aliphatic hydroxyl groups is 1. The Morgan fingerprint density at radius 1 is 1.19 bits per heavy atom. The molecule has 144 valence electrons. The quantitative estimate of drug-likeness (QED) is 0.802. The Kier molecular flexibility index (Phi) is 6.34. The number of aliphatic hydroxyl groups excluding tert-OH is 1. The number of benzene rings is 1. The molecule has 26 heavy (non-hydrogen) atoms. The van der Waals surface area contributed by atoms with Gasteiger partial charge in [0.2, 0.25) is 0 Å². The number of morpholine rings is 1. The number of ether oxygens (including phenoxy) is 3. The van der Waals surface area contributed by atoms with Gasteiger partial charge in [-0.15, -0.1) is 0 Å². The Morgan fingerprint density at radius 3 is 2.58 bits per heavy atom. The van der Waals surface area contributed by atoms with Crippen LogP contribution in [0.2, 0.25) is 0 Å². The Bertz CT molecular complexity index is 618. The average molecular weight is 364 g/mol. The van der Waals surface area contributed by atoms with Gasteiger partial charge in [-0.1, -0.05) is 0 Å². The standard InChI is InChI=1S/C19H28N2O5/c1-24-16-3-4-17(18(9-16)25-2)19(23)21-11-14(15(12-21)13-22)10-20-5-7-26-8-6-20/h3-4,9,14-15,22H,5-8,10-13H2,1-2H3/t14-,15-/m1/s1. The highest BCUT2D eigenvalue weighted by atomic mass is 16.5. The number of carbonyl (C=O) groups excluding carboxylic acids is 1. The van der Waals surface area contributed by atoms with E-state index in [0.717, 1.165) is 32.8 Å². The molecule has 2 saturated heterocycles. The van der Waals surface area contributed by atoms with Gasteiger partial charge in [0.05, 0.1) is 33.0 Å². The number of rotatable bonds is 6. The van der Waals surface area contributed by atoms with E-state index < -0.39 is 0 Å². The first-order valence-electron chi connectivity index (χ1n) is 9.08. The summed E-state index contributed by atoms with van der Waals surface area (Å²) in [6.07, 6.45) is 0. The fourth-order valence-electron chi connectivity index (χ4n) is 3.78. The zero-order valence-electron chi connectivity index (χ0n) is 15.5. The molecular weight excluding hydrogens is 336 g/mol. The van der Waals surface area contributed by atoms with Crippen LogP contribution >= 0.6 is 0 Å². The molecule has 0 aromatic heterocycles. The predicted molar refractivity (Wildman–Crippen MR) is 96.8 cm³/mol. The highest BCUT2D eigenvalue weighted by Crippen LogP contribution is 2.30. The van der Waals surface area contributed by atoms with E-state index in [1.165, 1.54) is 0 Å². The minimum absolute atomic E-state index is 0.0626. The SMILES string of the molecule is COc1ccc(C(=O)N2C[C@@H](CN3CCOCC3)[C@@H](CO)C2)c(OC)c1. The third kappa shape index (κ3) is 4.11. The van der Waals surface area contributed by atoms with Gasteiger partial charge >= 0.3 is 0 Å². The largest absolute Gasteiger partial charge is 0.497 e. The number of nitrogens with zero attached hydrogens (tertiary/aromatic N) is 2. The normalized spacial score (nSPS) is 23.9. The van der Waals surface area contributed by atoms with E-state index in [-0.39, 0.29) is 24.3 Å². The second-order valence-corrected chi connectivity index (χ2v) is 6.89. The molecule has 0 aliphatic carbocycles. The summed E-state index contributed by atoms with van der Waals surface area (Å²) in [5.74, 6) is 1.47. The van der Waals surface area contributed by atoms with E-state index in [2.05, 4.69) is 4.90 Å². The third-order valence-corrected chi connectivity index (χ3v) is 5.33. The maximum absolute atomic E-state index is 13.0. The summed E-state index contributed by atoms with van der Waals surface area (Å²) in [7, 11) is 3.13. The first kappa shape index (κ1) is 18.9. The third-order valence-electron chi connectivity index (χ3n) is 5.33. The number of carbonyl (C=O) groups is 1. The molecule has 7 heteroatoms. The molecular formula is C19H28N2O5. The average Bonchev–Trinajstić information content (AvgIpc) is 3.10. The summed E-state index contributed by atoms with van der Waals surface area (Å²) >= 11 is 0. The molecule has 1 N–H and O–H groups in total. The molecule has 0 unspecified atom stereocenters. The molecule has 2 aliphatic heterocycles. The molecule has 2 heterocycles. The van der Waals surface area contributed by atoms with Gasteiger partial charge in [0, 0.05) is 51.3 Å². The minimum Gasteiger partial charge on any atom is -0.497 e. The van der Waals surface area contributed by atoms with Crippen LogP contribution in [0.5, 0.6) is 11.5 Å². The summed E-state index contributed by atoms with van der Waals surface area (Å²) in [6.45, 7) is 5.53. The lowest BCUT2D eigenvalue weighted by Gasteiger charge is -2.30. The Morgan fingerprint density at radius 2 is 1.92 bits per heavy atom. The smallest absolute Gasteiger partial charge is 0.257 e. The molecule has 1 aromatic rings. The fourth-order valence-corrected chi connectivity index (χ4v) is 3.78. The van der Waals surface area contributed by atoms with Crippen molar-refractivity contribution in [2.75, 3.05) is 66.8 Å². The fraction of sp³-hybridized carbons (Fsp3) is 0.632. The molecule has 0 radical (unpaired) electrons. The van der Waals surface area contributed by atoms with E-state index in [1.54, 1.807) is 32.4 Å². The minimum atomic E-state index is -0.0626.